The molecule has 0 amide bonds. The van der Waals surface area contributed by atoms with Crippen molar-refractivity contribution in [2.75, 3.05) is 0 Å². The lowest BCUT2D eigenvalue weighted by Gasteiger charge is -2.31. The van der Waals surface area contributed by atoms with Crippen molar-refractivity contribution in [3.05, 3.63) is 30.1 Å². The highest BCUT2D eigenvalue weighted by molar-refractivity contribution is 5.13. The van der Waals surface area contributed by atoms with E-state index in [1.165, 1.54) is 44.1 Å². The van der Waals surface area contributed by atoms with Crippen LogP contribution in [-0.2, 0) is 0 Å². The average molecular weight is 246 g/mol. The molecule has 2 nitrogen and oxygen atoms in total. The summed E-state index contributed by atoms with van der Waals surface area (Å²) in [4.78, 5) is 4.20. The molecule has 100 valence electrons. The van der Waals surface area contributed by atoms with Gasteiger partial charge in [-0.1, -0.05) is 25.8 Å². The summed E-state index contributed by atoms with van der Waals surface area (Å²) in [5, 5.41) is 3.76. The number of nitrogens with zero attached hydrogens (tertiary/aromatic N) is 1. The van der Waals surface area contributed by atoms with E-state index in [4.69, 9.17) is 0 Å². The lowest BCUT2D eigenvalue weighted by Crippen LogP contribution is -2.35. The van der Waals surface area contributed by atoms with Gasteiger partial charge in [-0.25, -0.2) is 0 Å². The largest absolute Gasteiger partial charge is 0.307 e. The molecular formula is C16H26N2. The lowest BCUT2D eigenvalue weighted by molar-refractivity contribution is 0.266. The molecule has 1 atom stereocenters. The fraction of sp³-hybridized carbons (Fsp3) is 0.688. The third-order valence-electron chi connectivity index (χ3n) is 4.21. The second kappa shape index (κ2) is 6.89. The molecule has 1 N–H and O–H groups in total. The van der Waals surface area contributed by atoms with Crippen LogP contribution in [0.15, 0.2) is 24.5 Å². The zero-order valence-corrected chi connectivity index (χ0v) is 11.7. The first kappa shape index (κ1) is 13.5. The molecule has 1 aliphatic carbocycles. The van der Waals surface area contributed by atoms with Crippen molar-refractivity contribution in [3.8, 4) is 0 Å². The maximum atomic E-state index is 4.20. The molecule has 0 bridgehead atoms. The van der Waals surface area contributed by atoms with Gasteiger partial charge in [0.1, 0.15) is 0 Å². The average Bonchev–Trinajstić information content (AvgIpc) is 2.42. The highest BCUT2D eigenvalue weighted by Gasteiger charge is 2.21. The fourth-order valence-corrected chi connectivity index (χ4v) is 3.11. The van der Waals surface area contributed by atoms with Gasteiger partial charge in [0.2, 0.25) is 0 Å². The first-order valence-corrected chi connectivity index (χ1v) is 7.45. The van der Waals surface area contributed by atoms with Crippen molar-refractivity contribution in [2.45, 2.75) is 64.5 Å². The van der Waals surface area contributed by atoms with Crippen LogP contribution >= 0.6 is 0 Å². The number of hydrogen-bond acceptors (Lipinski definition) is 2. The minimum Gasteiger partial charge on any atom is -0.307 e. The van der Waals surface area contributed by atoms with Crippen LogP contribution in [0.4, 0.5) is 0 Å². The van der Waals surface area contributed by atoms with Crippen LogP contribution in [0.5, 0.6) is 0 Å². The molecule has 1 aliphatic rings. The molecule has 0 radical (unpaired) electrons. The Kier molecular flexibility index (Phi) is 5.18. The number of hydrogen-bond donors (Lipinski definition) is 1. The van der Waals surface area contributed by atoms with Gasteiger partial charge in [0.25, 0.3) is 0 Å². The van der Waals surface area contributed by atoms with Crippen LogP contribution in [0.1, 0.15) is 64.0 Å². The third kappa shape index (κ3) is 3.81. The molecule has 1 aromatic rings. The first-order chi connectivity index (χ1) is 8.79. The number of aromatic nitrogens is 1. The van der Waals surface area contributed by atoms with Crippen LogP contribution in [0.3, 0.4) is 0 Å². The lowest BCUT2D eigenvalue weighted by atomic mass is 9.83. The topological polar surface area (TPSA) is 24.9 Å². The highest BCUT2D eigenvalue weighted by Crippen LogP contribution is 2.28. The molecule has 1 fully saturated rings. The summed E-state index contributed by atoms with van der Waals surface area (Å²) in [6.07, 6.45) is 12.1. The van der Waals surface area contributed by atoms with Crippen LogP contribution in [0, 0.1) is 5.92 Å². The van der Waals surface area contributed by atoms with E-state index in [1.807, 2.05) is 18.5 Å². The van der Waals surface area contributed by atoms with Gasteiger partial charge in [0.15, 0.2) is 0 Å². The molecule has 2 heteroatoms. The number of nitrogens with one attached hydrogen (secondary N) is 1. The molecule has 0 aromatic carbocycles. The van der Waals surface area contributed by atoms with E-state index in [-0.39, 0.29) is 0 Å². The van der Waals surface area contributed by atoms with Crippen LogP contribution in [0.2, 0.25) is 0 Å². The summed E-state index contributed by atoms with van der Waals surface area (Å²) in [5.41, 5.74) is 1.30. The molecule has 1 heterocycles. The van der Waals surface area contributed by atoms with E-state index in [0.29, 0.717) is 12.1 Å². The van der Waals surface area contributed by atoms with Gasteiger partial charge in [-0.2, -0.15) is 0 Å². The van der Waals surface area contributed by atoms with E-state index in [1.54, 1.807) is 0 Å². The predicted octanol–water partition coefficient (Wildman–Crippen LogP) is 4.09. The van der Waals surface area contributed by atoms with Crippen molar-refractivity contribution in [3.63, 3.8) is 0 Å². The first-order valence-electron chi connectivity index (χ1n) is 7.45. The molecule has 0 unspecified atom stereocenters. The fourth-order valence-electron chi connectivity index (χ4n) is 3.11. The molecule has 0 saturated heterocycles. The number of pyridine rings is 1. The molecule has 1 aromatic heterocycles. The second-order valence-corrected chi connectivity index (χ2v) is 5.68. The molecule has 0 aliphatic heterocycles. The van der Waals surface area contributed by atoms with E-state index >= 15 is 0 Å². The third-order valence-corrected chi connectivity index (χ3v) is 4.21. The minimum absolute atomic E-state index is 0.423. The zero-order valence-electron chi connectivity index (χ0n) is 11.7. The summed E-state index contributed by atoms with van der Waals surface area (Å²) in [6, 6.07) is 5.30. The Hall–Kier alpha value is -0.890. The van der Waals surface area contributed by atoms with Crippen LogP contribution < -0.4 is 5.32 Å². The van der Waals surface area contributed by atoms with Gasteiger partial charge in [-0.3, -0.25) is 4.98 Å². The summed E-state index contributed by atoms with van der Waals surface area (Å²) in [7, 11) is 0. The van der Waals surface area contributed by atoms with Crippen LogP contribution in [0.25, 0.3) is 0 Å². The van der Waals surface area contributed by atoms with E-state index < -0.39 is 0 Å². The van der Waals surface area contributed by atoms with E-state index in [9.17, 15) is 0 Å². The van der Waals surface area contributed by atoms with Gasteiger partial charge < -0.3 is 5.32 Å². The Bertz CT molecular complexity index is 328. The summed E-state index contributed by atoms with van der Waals surface area (Å²) >= 11 is 0. The minimum atomic E-state index is 0.423. The quantitative estimate of drug-likeness (QED) is 0.846. The SMILES string of the molecule is CCCC1CCC(N[C@@H](C)c2cccnc2)CC1. The van der Waals surface area contributed by atoms with Gasteiger partial charge in [-0.05, 0) is 50.2 Å². The Morgan fingerprint density at radius 1 is 1.33 bits per heavy atom. The molecule has 18 heavy (non-hydrogen) atoms. The highest BCUT2D eigenvalue weighted by atomic mass is 14.9. The Labute approximate surface area is 111 Å². The zero-order chi connectivity index (χ0) is 12.8. The van der Waals surface area contributed by atoms with Crippen molar-refractivity contribution in [2.24, 2.45) is 5.92 Å². The standard InChI is InChI=1S/C16H26N2/c1-3-5-14-7-9-16(10-8-14)18-13(2)15-6-4-11-17-12-15/h4,6,11-14,16,18H,3,5,7-10H2,1-2H3/t13-,14?,16?/m0/s1. The van der Waals surface area contributed by atoms with E-state index in [0.717, 1.165) is 5.92 Å². The second-order valence-electron chi connectivity index (χ2n) is 5.68. The maximum absolute atomic E-state index is 4.20. The molecule has 2 rings (SSSR count). The normalized spacial score (nSPS) is 25.9. The maximum Gasteiger partial charge on any atom is 0.0315 e. The monoisotopic (exact) mass is 246 g/mol. The van der Waals surface area contributed by atoms with E-state index in [2.05, 4.69) is 30.2 Å². The molecular weight excluding hydrogens is 220 g/mol. The predicted molar refractivity (Wildman–Crippen MR) is 76.4 cm³/mol. The summed E-state index contributed by atoms with van der Waals surface area (Å²) < 4.78 is 0. The van der Waals surface area contributed by atoms with Gasteiger partial charge in [-0.15, -0.1) is 0 Å². The summed E-state index contributed by atoms with van der Waals surface area (Å²) in [6.45, 7) is 4.55. The van der Waals surface area contributed by atoms with Gasteiger partial charge in [0, 0.05) is 24.5 Å². The number of rotatable bonds is 5. The Morgan fingerprint density at radius 3 is 2.72 bits per heavy atom. The Balaban J connectivity index is 1.78. The van der Waals surface area contributed by atoms with Gasteiger partial charge in [0.05, 0.1) is 0 Å². The smallest absolute Gasteiger partial charge is 0.0315 e. The van der Waals surface area contributed by atoms with Crippen molar-refractivity contribution in [1.82, 2.24) is 10.3 Å². The van der Waals surface area contributed by atoms with Crippen molar-refractivity contribution in [1.29, 1.82) is 0 Å². The van der Waals surface area contributed by atoms with Gasteiger partial charge >= 0.3 is 0 Å². The molecule has 0 spiro atoms. The summed E-state index contributed by atoms with van der Waals surface area (Å²) in [5.74, 6) is 0.988. The van der Waals surface area contributed by atoms with Crippen molar-refractivity contribution < 1.29 is 0 Å². The Morgan fingerprint density at radius 2 is 2.11 bits per heavy atom. The van der Waals surface area contributed by atoms with Crippen LogP contribution in [-0.4, -0.2) is 11.0 Å². The van der Waals surface area contributed by atoms with Crippen molar-refractivity contribution >= 4 is 0 Å². The molecule has 1 saturated carbocycles.